The highest BCUT2D eigenvalue weighted by Crippen LogP contribution is 2.23. The summed E-state index contributed by atoms with van der Waals surface area (Å²) in [5.74, 6) is 11.5. The van der Waals surface area contributed by atoms with Crippen molar-refractivity contribution < 1.29 is 37.6 Å². The summed E-state index contributed by atoms with van der Waals surface area (Å²) in [5.41, 5.74) is 4.46. The molecule has 4 rings (SSSR count). The van der Waals surface area contributed by atoms with Crippen molar-refractivity contribution in [1.82, 2.24) is 0 Å². The van der Waals surface area contributed by atoms with Gasteiger partial charge >= 0.3 is 18.0 Å². The Kier molecular flexibility index (Phi) is 8.42. The maximum atomic E-state index is 10.8. The zero-order chi connectivity index (χ0) is 25.3. The molecule has 0 aromatic heterocycles. The lowest BCUT2D eigenvalue weighted by Gasteiger charge is -2.07. The van der Waals surface area contributed by atoms with Crippen molar-refractivity contribution in [1.29, 1.82) is 0 Å². The molecular formula is C27H20F3N2O3+. The molecule has 0 spiro atoms. The third-order valence-corrected chi connectivity index (χ3v) is 4.87. The number of rotatable bonds is 1. The minimum atomic E-state index is -5.16. The molecule has 0 amide bonds. The Labute approximate surface area is 200 Å². The summed E-state index contributed by atoms with van der Waals surface area (Å²) in [7, 11) is 2.14. The summed E-state index contributed by atoms with van der Waals surface area (Å²) >= 11 is 0. The Balaban J connectivity index is 0.000000371. The van der Waals surface area contributed by atoms with Gasteiger partial charge in [0.25, 0.3) is 5.69 Å². The minimum Gasteiger partial charge on any atom is -0.661 e. The lowest BCUT2D eigenvalue weighted by atomic mass is 10.2. The summed E-state index contributed by atoms with van der Waals surface area (Å²) in [5, 5.41) is 8.71. The molecule has 1 aliphatic rings. The molecule has 0 bridgehead atoms. The van der Waals surface area contributed by atoms with Gasteiger partial charge in [0.2, 0.25) is 12.2 Å². The molecule has 0 saturated carbocycles. The zero-order valence-corrected chi connectivity index (χ0v) is 18.6. The quantitative estimate of drug-likeness (QED) is 0.254. The molecule has 5 nitrogen and oxygen atoms in total. The van der Waals surface area contributed by atoms with Gasteiger partial charge in [0.05, 0.1) is 13.0 Å². The van der Waals surface area contributed by atoms with Gasteiger partial charge in [0.1, 0.15) is 0 Å². The standard InChI is InChI=1S/C25H19N2.C2HF3O3/c1-26-23-16-8-9-17-24(23)27(20-10-15-21-11-4-2-5-12-21)25(26)19-18-22-13-6-3-7-14-22;3-2(4,5)1(6)8-7/h2-9,11-14,16-17H,20H2,1H3;7H/q+1;. The van der Waals surface area contributed by atoms with Gasteiger partial charge in [0, 0.05) is 23.3 Å². The fourth-order valence-corrected chi connectivity index (χ4v) is 3.24. The Morgan fingerprint density at radius 2 is 1.43 bits per heavy atom. The molecule has 0 aliphatic carbocycles. The van der Waals surface area contributed by atoms with E-state index in [0.717, 1.165) is 17.0 Å². The van der Waals surface area contributed by atoms with Gasteiger partial charge < -0.3 is 10.1 Å². The molecule has 176 valence electrons. The van der Waals surface area contributed by atoms with E-state index >= 15 is 0 Å². The van der Waals surface area contributed by atoms with Crippen molar-refractivity contribution >= 4 is 23.2 Å². The number of para-hydroxylation sites is 2. The first-order valence-corrected chi connectivity index (χ1v) is 10.4. The van der Waals surface area contributed by atoms with Crippen LogP contribution in [0.25, 0.3) is 0 Å². The number of quaternary nitrogens is 1. The molecule has 0 radical (unpaired) electrons. The van der Waals surface area contributed by atoms with E-state index in [1.165, 1.54) is 16.3 Å². The highest BCUT2D eigenvalue weighted by atomic mass is 19.4. The number of alkyl halides is 3. The van der Waals surface area contributed by atoms with Crippen molar-refractivity contribution in [2.24, 2.45) is 0 Å². The third-order valence-electron chi connectivity index (χ3n) is 4.87. The Hall–Kier alpha value is -4.37. The highest BCUT2D eigenvalue weighted by molar-refractivity contribution is 5.93. The topological polar surface area (TPSA) is 56.8 Å². The van der Waals surface area contributed by atoms with Crippen LogP contribution in [-0.4, -0.2) is 36.1 Å². The largest absolute Gasteiger partial charge is 0.661 e. The van der Waals surface area contributed by atoms with Crippen LogP contribution in [0.15, 0.2) is 84.9 Å². The van der Waals surface area contributed by atoms with E-state index in [9.17, 15) is 18.0 Å². The van der Waals surface area contributed by atoms with Crippen molar-refractivity contribution in [3.05, 3.63) is 96.1 Å². The first kappa shape index (κ1) is 25.3. The molecule has 1 heterocycles. The van der Waals surface area contributed by atoms with E-state index in [4.69, 9.17) is 5.26 Å². The van der Waals surface area contributed by atoms with Gasteiger partial charge in [-0.25, -0.2) is 9.69 Å². The third kappa shape index (κ3) is 6.81. The van der Waals surface area contributed by atoms with Crippen LogP contribution in [0.4, 0.5) is 24.5 Å². The molecule has 0 fully saturated rings. The van der Waals surface area contributed by atoms with Crippen LogP contribution in [0.5, 0.6) is 0 Å². The van der Waals surface area contributed by atoms with E-state index in [-0.39, 0.29) is 0 Å². The normalized spacial score (nSPS) is 13.8. The lowest BCUT2D eigenvalue weighted by Crippen LogP contribution is -3.06. The van der Waals surface area contributed by atoms with Gasteiger partial charge in [-0.15, -0.1) is 4.58 Å². The lowest BCUT2D eigenvalue weighted by molar-refractivity contribution is -0.716. The number of hydrogen-bond acceptors (Lipinski definition) is 3. The Morgan fingerprint density at radius 3 is 1.97 bits per heavy atom. The van der Waals surface area contributed by atoms with Crippen LogP contribution in [0, 0.1) is 23.7 Å². The highest BCUT2D eigenvalue weighted by Gasteiger charge is 2.39. The summed E-state index contributed by atoms with van der Waals surface area (Å²) in [6.07, 6.45) is -5.16. The van der Waals surface area contributed by atoms with Crippen LogP contribution < -0.4 is 10.2 Å². The molecule has 8 heteroatoms. The van der Waals surface area contributed by atoms with Gasteiger partial charge in [-0.2, -0.15) is 13.2 Å². The molecule has 1 unspecified atom stereocenters. The van der Waals surface area contributed by atoms with Crippen LogP contribution >= 0.6 is 0 Å². The second-order valence-electron chi connectivity index (χ2n) is 7.23. The molecule has 1 aliphatic heterocycles. The van der Waals surface area contributed by atoms with E-state index < -0.39 is 12.1 Å². The van der Waals surface area contributed by atoms with Crippen LogP contribution in [-0.2, 0) is 9.68 Å². The maximum Gasteiger partial charge on any atom is 0.490 e. The average molecular weight is 477 g/mol. The van der Waals surface area contributed by atoms with Crippen molar-refractivity contribution in [3.8, 4) is 23.7 Å². The van der Waals surface area contributed by atoms with Gasteiger partial charge in [0.15, 0.2) is 0 Å². The predicted molar refractivity (Wildman–Crippen MR) is 122 cm³/mol. The number of benzene rings is 3. The van der Waals surface area contributed by atoms with E-state index in [1.54, 1.807) is 0 Å². The minimum absolute atomic E-state index is 0.613. The number of fused-ring (bicyclic) bond motifs is 1. The summed E-state index contributed by atoms with van der Waals surface area (Å²) < 4.78 is 34.5. The molecule has 35 heavy (non-hydrogen) atoms. The molecule has 3 aromatic carbocycles. The predicted octanol–water partition coefficient (Wildman–Crippen LogP) is 2.36. The van der Waals surface area contributed by atoms with Crippen molar-refractivity contribution in [2.45, 2.75) is 6.18 Å². The van der Waals surface area contributed by atoms with Gasteiger partial charge in [-0.3, -0.25) is 0 Å². The maximum absolute atomic E-state index is 10.8. The van der Waals surface area contributed by atoms with Gasteiger partial charge in [-0.05, 0) is 36.1 Å². The second-order valence-corrected chi connectivity index (χ2v) is 7.23. The number of nitrogens with one attached hydrogen (secondary N) is 1. The number of carbonyl (C=O) groups excluding carboxylic acids is 1. The molecular weight excluding hydrogens is 457 g/mol. The van der Waals surface area contributed by atoms with Crippen LogP contribution in [0.2, 0.25) is 0 Å². The van der Waals surface area contributed by atoms with Crippen LogP contribution in [0.3, 0.4) is 0 Å². The smallest absolute Gasteiger partial charge is 0.490 e. The van der Waals surface area contributed by atoms with Crippen molar-refractivity contribution in [2.75, 3.05) is 13.6 Å². The number of nitrogens with zero attached hydrogens (tertiary/aromatic N) is 1. The second kappa shape index (κ2) is 11.7. The number of halogens is 3. The average Bonchev–Trinajstić information content (AvgIpc) is 3.14. The van der Waals surface area contributed by atoms with E-state index in [2.05, 4.69) is 64.5 Å². The summed E-state index contributed by atoms with van der Waals surface area (Å²) in [4.78, 5) is 12.5. The van der Waals surface area contributed by atoms with Gasteiger partial charge in [-0.1, -0.05) is 54.5 Å². The molecule has 1 N–H and O–H groups in total. The monoisotopic (exact) mass is 477 g/mol. The zero-order valence-electron chi connectivity index (χ0n) is 18.6. The SMILES string of the molecule is C[NH+]1C(C#Cc2ccccc2)=[N+](CC#Cc2ccccc2)c2ccccc21.O=C(O[O-])C(F)(F)F. The van der Waals surface area contributed by atoms with E-state index in [0.29, 0.717) is 6.54 Å². The summed E-state index contributed by atoms with van der Waals surface area (Å²) in [6, 6.07) is 28.6. The molecule has 1 atom stereocenters. The first-order valence-electron chi connectivity index (χ1n) is 10.4. The Bertz CT molecular complexity index is 1330. The summed E-state index contributed by atoms with van der Waals surface area (Å²) in [6.45, 7) is 0.613. The van der Waals surface area contributed by atoms with Crippen molar-refractivity contribution in [3.63, 3.8) is 0 Å². The van der Waals surface area contributed by atoms with E-state index in [1.807, 2.05) is 60.7 Å². The van der Waals surface area contributed by atoms with Crippen LogP contribution in [0.1, 0.15) is 11.1 Å². The number of amidine groups is 1. The molecule has 3 aromatic rings. The Morgan fingerprint density at radius 1 is 0.886 bits per heavy atom. The fourth-order valence-electron chi connectivity index (χ4n) is 3.24. The molecule has 0 saturated heterocycles. The first-order chi connectivity index (χ1) is 16.8. The fraction of sp³-hybridized carbons (Fsp3) is 0.111. The number of hydrogen-bond donors (Lipinski definition) is 1. The number of carbonyl (C=O) groups is 1.